The Morgan fingerprint density at radius 2 is 1.67 bits per heavy atom. The number of ether oxygens (including phenoxy) is 1. The van der Waals surface area contributed by atoms with Crippen molar-refractivity contribution in [1.29, 1.82) is 0 Å². The maximum atomic E-state index is 13.4. The summed E-state index contributed by atoms with van der Waals surface area (Å²) in [5.74, 6) is 1.12. The molecule has 1 saturated carbocycles. The molecule has 3 aromatic carbocycles. The zero-order valence-corrected chi connectivity index (χ0v) is 23.0. The number of hydrogen-bond donors (Lipinski definition) is 2. The third kappa shape index (κ3) is 6.11. The summed E-state index contributed by atoms with van der Waals surface area (Å²) >= 11 is 0. The van der Waals surface area contributed by atoms with Crippen molar-refractivity contribution >= 4 is 23.4 Å². The highest BCUT2D eigenvalue weighted by molar-refractivity contribution is 6.03. The van der Waals surface area contributed by atoms with E-state index >= 15 is 0 Å². The molecule has 1 heterocycles. The maximum absolute atomic E-state index is 13.4. The summed E-state index contributed by atoms with van der Waals surface area (Å²) in [5.41, 5.74) is 6.19. The number of nitrogens with one attached hydrogen (secondary N) is 1. The number of carboxylic acids is 1. The fourth-order valence-corrected chi connectivity index (χ4v) is 6.00. The molecule has 1 atom stereocenters. The summed E-state index contributed by atoms with van der Waals surface area (Å²) in [5, 5.41) is 12.2. The van der Waals surface area contributed by atoms with Crippen LogP contribution >= 0.6 is 0 Å². The van der Waals surface area contributed by atoms with E-state index in [1.54, 1.807) is 4.90 Å². The molecule has 6 heteroatoms. The minimum absolute atomic E-state index is 0.127. The van der Waals surface area contributed by atoms with E-state index in [0.29, 0.717) is 30.0 Å². The minimum atomic E-state index is -0.688. The molecular formula is C33H38N2O4. The first-order chi connectivity index (χ1) is 18.8. The Balaban J connectivity index is 1.30. The second-order valence-corrected chi connectivity index (χ2v) is 11.3. The number of carboxylic acid groups (broad SMARTS) is 1. The third-order valence-electron chi connectivity index (χ3n) is 8.11. The predicted molar refractivity (Wildman–Crippen MR) is 156 cm³/mol. The van der Waals surface area contributed by atoms with Gasteiger partial charge in [-0.15, -0.1) is 0 Å². The van der Waals surface area contributed by atoms with Crippen molar-refractivity contribution in [3.8, 4) is 16.9 Å². The molecule has 2 amide bonds. The van der Waals surface area contributed by atoms with Gasteiger partial charge in [-0.25, -0.2) is 4.79 Å². The number of hydrogen-bond acceptors (Lipinski definition) is 3. The fraction of sp³-hybridized carbons (Fsp3) is 0.394. The van der Waals surface area contributed by atoms with E-state index in [0.717, 1.165) is 53.7 Å². The topological polar surface area (TPSA) is 78.9 Å². The molecule has 204 valence electrons. The van der Waals surface area contributed by atoms with Crippen LogP contribution in [0.3, 0.4) is 0 Å². The standard InChI is InChI=1S/C33H38N2O4/c1-21(2)28-6-4-5-7-29(28)34-33(38)35-20-22(3)39-31-19-27(16-17-30(31)35)26-14-12-25(13-15-26)24-10-8-23(9-11-24)18-32(36)37/h4-7,12-17,19,21-24H,8-11,18,20H2,1-3H3,(H,34,38)(H,36,37). The van der Waals surface area contributed by atoms with Crippen molar-refractivity contribution in [3.05, 3.63) is 77.9 Å². The molecule has 2 N–H and O–H groups in total. The Morgan fingerprint density at radius 3 is 2.36 bits per heavy atom. The Morgan fingerprint density at radius 1 is 0.974 bits per heavy atom. The molecule has 0 radical (unpaired) electrons. The summed E-state index contributed by atoms with van der Waals surface area (Å²) in [6.45, 7) is 6.71. The Labute approximate surface area is 231 Å². The van der Waals surface area contributed by atoms with Gasteiger partial charge in [0.1, 0.15) is 11.9 Å². The highest BCUT2D eigenvalue weighted by Crippen LogP contribution is 2.40. The highest BCUT2D eigenvalue weighted by atomic mass is 16.5. The van der Waals surface area contributed by atoms with Gasteiger partial charge in [-0.05, 0) is 90.8 Å². The van der Waals surface area contributed by atoms with Crippen LogP contribution in [-0.2, 0) is 4.79 Å². The molecule has 3 aromatic rings. The predicted octanol–water partition coefficient (Wildman–Crippen LogP) is 8.04. The van der Waals surface area contributed by atoms with E-state index in [4.69, 9.17) is 9.84 Å². The van der Waals surface area contributed by atoms with E-state index in [9.17, 15) is 9.59 Å². The molecule has 5 rings (SSSR count). The van der Waals surface area contributed by atoms with Crippen molar-refractivity contribution in [2.45, 2.75) is 70.8 Å². The van der Waals surface area contributed by atoms with Crippen LogP contribution in [0.2, 0.25) is 0 Å². The van der Waals surface area contributed by atoms with Crippen molar-refractivity contribution in [2.24, 2.45) is 5.92 Å². The fourth-order valence-electron chi connectivity index (χ4n) is 6.00. The number of nitrogens with zero attached hydrogens (tertiary/aromatic N) is 1. The van der Waals surface area contributed by atoms with Crippen LogP contribution in [0.1, 0.15) is 75.8 Å². The molecule has 1 fully saturated rings. The number of anilines is 2. The lowest BCUT2D eigenvalue weighted by molar-refractivity contribution is -0.138. The van der Waals surface area contributed by atoms with Crippen molar-refractivity contribution in [2.75, 3.05) is 16.8 Å². The van der Waals surface area contributed by atoms with Gasteiger partial charge < -0.3 is 15.2 Å². The van der Waals surface area contributed by atoms with Crippen LogP contribution in [-0.4, -0.2) is 29.8 Å². The number of amides is 2. The minimum Gasteiger partial charge on any atom is -0.487 e. The molecule has 6 nitrogen and oxygen atoms in total. The Bertz CT molecular complexity index is 1330. The molecule has 1 aliphatic heterocycles. The summed E-state index contributed by atoms with van der Waals surface area (Å²) in [6, 6.07) is 22.5. The molecule has 1 aliphatic carbocycles. The number of carbonyl (C=O) groups is 2. The van der Waals surface area contributed by atoms with Gasteiger partial charge in [0.2, 0.25) is 0 Å². The van der Waals surface area contributed by atoms with Crippen molar-refractivity contribution in [3.63, 3.8) is 0 Å². The lowest BCUT2D eigenvalue weighted by Crippen LogP contribution is -2.44. The van der Waals surface area contributed by atoms with Crippen molar-refractivity contribution < 1.29 is 19.4 Å². The maximum Gasteiger partial charge on any atom is 0.326 e. The summed E-state index contributed by atoms with van der Waals surface area (Å²) in [4.78, 5) is 26.2. The van der Waals surface area contributed by atoms with Gasteiger partial charge in [-0.3, -0.25) is 9.69 Å². The van der Waals surface area contributed by atoms with Gasteiger partial charge in [0, 0.05) is 12.1 Å². The van der Waals surface area contributed by atoms with Gasteiger partial charge >= 0.3 is 12.0 Å². The number of urea groups is 1. The van der Waals surface area contributed by atoms with Gasteiger partial charge in [0.05, 0.1) is 12.2 Å². The second kappa shape index (κ2) is 11.5. The first-order valence-corrected chi connectivity index (χ1v) is 14.1. The molecule has 39 heavy (non-hydrogen) atoms. The average Bonchev–Trinajstić information content (AvgIpc) is 2.92. The van der Waals surface area contributed by atoms with Gasteiger partial charge in [-0.2, -0.15) is 0 Å². The van der Waals surface area contributed by atoms with Crippen molar-refractivity contribution in [1.82, 2.24) is 0 Å². The summed E-state index contributed by atoms with van der Waals surface area (Å²) < 4.78 is 6.18. The van der Waals surface area contributed by atoms with Crippen LogP contribution in [0.25, 0.3) is 11.1 Å². The molecule has 2 aliphatic rings. The molecule has 1 unspecified atom stereocenters. The first-order valence-electron chi connectivity index (χ1n) is 14.1. The van der Waals surface area contributed by atoms with Crippen LogP contribution in [0, 0.1) is 5.92 Å². The Kier molecular flexibility index (Phi) is 7.92. The molecule has 0 aromatic heterocycles. The first kappa shape index (κ1) is 26.8. The number of rotatable bonds is 6. The highest BCUT2D eigenvalue weighted by Gasteiger charge is 2.29. The van der Waals surface area contributed by atoms with Gasteiger partial charge in [0.15, 0.2) is 0 Å². The van der Waals surface area contributed by atoms with E-state index in [2.05, 4.69) is 49.5 Å². The van der Waals surface area contributed by atoms with Gasteiger partial charge in [0.25, 0.3) is 0 Å². The zero-order valence-electron chi connectivity index (χ0n) is 23.0. The summed E-state index contributed by atoms with van der Waals surface area (Å²) in [6.07, 6.45) is 4.20. The third-order valence-corrected chi connectivity index (χ3v) is 8.11. The van der Waals surface area contributed by atoms with E-state index < -0.39 is 5.97 Å². The number of carbonyl (C=O) groups excluding carboxylic acids is 1. The molecular weight excluding hydrogens is 488 g/mol. The van der Waals surface area contributed by atoms with Crippen LogP contribution in [0.5, 0.6) is 5.75 Å². The monoisotopic (exact) mass is 526 g/mol. The van der Waals surface area contributed by atoms with Gasteiger partial charge in [-0.1, -0.05) is 62.4 Å². The lowest BCUT2D eigenvalue weighted by Gasteiger charge is -2.34. The molecule has 0 saturated heterocycles. The SMILES string of the molecule is CC1CN(C(=O)Nc2ccccc2C(C)C)c2ccc(-c3ccc(C4CCC(CC(=O)O)CC4)cc3)cc2O1. The zero-order chi connectivity index (χ0) is 27.5. The normalized spacial score (nSPS) is 20.7. The smallest absolute Gasteiger partial charge is 0.326 e. The van der Waals surface area contributed by atoms with Crippen LogP contribution in [0.15, 0.2) is 66.7 Å². The molecule has 0 bridgehead atoms. The second-order valence-electron chi connectivity index (χ2n) is 11.3. The van der Waals surface area contributed by atoms with Crippen LogP contribution in [0.4, 0.5) is 16.2 Å². The number of fused-ring (bicyclic) bond motifs is 1. The number of para-hydroxylation sites is 1. The quantitative estimate of drug-likeness (QED) is 0.341. The van der Waals surface area contributed by atoms with E-state index in [-0.39, 0.29) is 18.6 Å². The molecule has 0 spiro atoms. The van der Waals surface area contributed by atoms with Crippen LogP contribution < -0.4 is 15.0 Å². The number of benzene rings is 3. The van der Waals surface area contributed by atoms with E-state index in [1.165, 1.54) is 5.56 Å². The average molecular weight is 527 g/mol. The number of aliphatic carboxylic acids is 1. The largest absolute Gasteiger partial charge is 0.487 e. The summed E-state index contributed by atoms with van der Waals surface area (Å²) in [7, 11) is 0. The Hall–Kier alpha value is -3.80. The van der Waals surface area contributed by atoms with E-state index in [1.807, 2.05) is 43.3 Å². The lowest BCUT2D eigenvalue weighted by atomic mass is 9.77.